The SMILES string of the molecule is COC1=N[C@H](C(C)C)C(OC)=N[C@H]1Cc1ccc(OCc2ccccc2)c(OCc2ccccc2I)c1. The lowest BCUT2D eigenvalue weighted by Crippen LogP contribution is -2.38. The van der Waals surface area contributed by atoms with E-state index in [1.165, 1.54) is 0 Å². The van der Waals surface area contributed by atoms with E-state index in [2.05, 4.69) is 48.6 Å². The Hall–Kier alpha value is -3.07. The summed E-state index contributed by atoms with van der Waals surface area (Å²) < 4.78 is 24.9. The minimum absolute atomic E-state index is 0.141. The number of rotatable bonds is 9. The highest BCUT2D eigenvalue weighted by atomic mass is 127. The summed E-state index contributed by atoms with van der Waals surface area (Å²) in [7, 11) is 3.29. The molecule has 2 atom stereocenters. The van der Waals surface area contributed by atoms with E-state index in [1.807, 2.05) is 60.7 Å². The first-order valence-corrected chi connectivity index (χ1v) is 13.5. The van der Waals surface area contributed by atoms with Gasteiger partial charge in [0.05, 0.1) is 14.2 Å². The fourth-order valence-electron chi connectivity index (χ4n) is 4.13. The highest BCUT2D eigenvalue weighted by molar-refractivity contribution is 14.1. The Balaban J connectivity index is 1.58. The summed E-state index contributed by atoms with van der Waals surface area (Å²) in [6.45, 7) is 5.10. The molecule has 6 nitrogen and oxygen atoms in total. The molecule has 0 radical (unpaired) electrons. The third-order valence-corrected chi connectivity index (χ3v) is 7.20. The molecular weight excluding hydrogens is 579 g/mol. The second-order valence-electron chi connectivity index (χ2n) is 9.19. The van der Waals surface area contributed by atoms with Crippen LogP contribution in [0.5, 0.6) is 11.5 Å². The lowest BCUT2D eigenvalue weighted by Gasteiger charge is -2.27. The molecule has 4 rings (SSSR count). The van der Waals surface area contributed by atoms with Gasteiger partial charge in [-0.25, -0.2) is 9.98 Å². The maximum Gasteiger partial charge on any atom is 0.209 e. The summed E-state index contributed by atoms with van der Waals surface area (Å²) >= 11 is 2.33. The van der Waals surface area contributed by atoms with Gasteiger partial charge in [-0.15, -0.1) is 0 Å². The zero-order chi connectivity index (χ0) is 26.2. The zero-order valence-electron chi connectivity index (χ0n) is 21.7. The molecule has 0 saturated carbocycles. The summed E-state index contributed by atoms with van der Waals surface area (Å²) in [6, 6.07) is 23.9. The fraction of sp³-hybridized carbons (Fsp3) is 0.333. The van der Waals surface area contributed by atoms with Gasteiger partial charge in [-0.1, -0.05) is 68.4 Å². The summed E-state index contributed by atoms with van der Waals surface area (Å²) in [4.78, 5) is 9.65. The molecule has 194 valence electrons. The van der Waals surface area contributed by atoms with Crippen LogP contribution in [0.25, 0.3) is 0 Å². The van der Waals surface area contributed by atoms with Crippen molar-refractivity contribution < 1.29 is 18.9 Å². The summed E-state index contributed by atoms with van der Waals surface area (Å²) in [5.41, 5.74) is 3.26. The summed E-state index contributed by atoms with van der Waals surface area (Å²) in [6.07, 6.45) is 0.600. The second-order valence-corrected chi connectivity index (χ2v) is 10.3. The third-order valence-electron chi connectivity index (χ3n) is 6.15. The van der Waals surface area contributed by atoms with Gasteiger partial charge in [0, 0.05) is 15.6 Å². The van der Waals surface area contributed by atoms with Crippen molar-refractivity contribution in [3.8, 4) is 11.5 Å². The Bertz CT molecular complexity index is 1240. The van der Waals surface area contributed by atoms with Crippen molar-refractivity contribution in [1.82, 2.24) is 0 Å². The van der Waals surface area contributed by atoms with E-state index in [4.69, 9.17) is 28.9 Å². The van der Waals surface area contributed by atoms with E-state index in [-0.39, 0.29) is 18.0 Å². The van der Waals surface area contributed by atoms with Gasteiger partial charge in [-0.2, -0.15) is 0 Å². The van der Waals surface area contributed by atoms with Crippen molar-refractivity contribution in [3.05, 3.63) is 93.1 Å². The Kier molecular flexibility index (Phi) is 9.44. The quantitative estimate of drug-likeness (QED) is 0.260. The van der Waals surface area contributed by atoms with Crippen molar-refractivity contribution in [2.75, 3.05) is 14.2 Å². The minimum atomic E-state index is -0.269. The van der Waals surface area contributed by atoms with Gasteiger partial charge in [0.2, 0.25) is 11.8 Å². The molecular formula is C30H33IN2O4. The minimum Gasteiger partial charge on any atom is -0.485 e. The number of hydrogen-bond acceptors (Lipinski definition) is 6. The Morgan fingerprint density at radius 3 is 2.16 bits per heavy atom. The Morgan fingerprint density at radius 1 is 0.757 bits per heavy atom. The van der Waals surface area contributed by atoms with Crippen molar-refractivity contribution in [2.24, 2.45) is 15.9 Å². The van der Waals surface area contributed by atoms with Crippen LogP contribution in [0.1, 0.15) is 30.5 Å². The van der Waals surface area contributed by atoms with Gasteiger partial charge in [0.25, 0.3) is 0 Å². The first-order chi connectivity index (χ1) is 18.0. The third kappa shape index (κ3) is 7.03. The normalized spacial score (nSPS) is 17.1. The highest BCUT2D eigenvalue weighted by Crippen LogP contribution is 2.32. The molecule has 1 aliphatic heterocycles. The lowest BCUT2D eigenvalue weighted by atomic mass is 10.0. The smallest absolute Gasteiger partial charge is 0.209 e. The first-order valence-electron chi connectivity index (χ1n) is 12.4. The molecule has 0 amide bonds. The monoisotopic (exact) mass is 612 g/mol. The maximum atomic E-state index is 6.31. The van der Waals surface area contributed by atoms with E-state index in [9.17, 15) is 0 Å². The molecule has 0 saturated heterocycles. The zero-order valence-corrected chi connectivity index (χ0v) is 23.8. The van der Waals surface area contributed by atoms with Gasteiger partial charge < -0.3 is 18.9 Å². The van der Waals surface area contributed by atoms with Crippen molar-refractivity contribution >= 4 is 34.4 Å². The van der Waals surface area contributed by atoms with Gasteiger partial charge in [-0.05, 0) is 57.8 Å². The van der Waals surface area contributed by atoms with Crippen LogP contribution in [0, 0.1) is 9.49 Å². The van der Waals surface area contributed by atoms with E-state index >= 15 is 0 Å². The standard InChI is InChI=1S/C30H33IN2O4/c1-20(2)28-30(35-4)32-25(29(33-28)34-3)16-22-14-15-26(36-18-21-10-6-5-7-11-21)27(17-22)37-19-23-12-8-9-13-24(23)31/h5-15,17,20,25,28H,16,18-19H2,1-4H3/t25-,28+/m0/s1. The van der Waals surface area contributed by atoms with Crippen LogP contribution in [0.15, 0.2) is 82.8 Å². The van der Waals surface area contributed by atoms with Crippen LogP contribution < -0.4 is 9.47 Å². The molecule has 0 N–H and O–H groups in total. The highest BCUT2D eigenvalue weighted by Gasteiger charge is 2.31. The first kappa shape index (κ1) is 27.0. The summed E-state index contributed by atoms with van der Waals surface area (Å²) in [5, 5.41) is 0. The Labute approximate surface area is 232 Å². The van der Waals surface area contributed by atoms with E-state index in [0.717, 1.165) is 20.3 Å². The van der Waals surface area contributed by atoms with Gasteiger partial charge in [-0.3, -0.25) is 0 Å². The maximum absolute atomic E-state index is 6.31. The van der Waals surface area contributed by atoms with Crippen LogP contribution in [-0.2, 0) is 29.1 Å². The molecule has 1 heterocycles. The van der Waals surface area contributed by atoms with Crippen molar-refractivity contribution in [1.29, 1.82) is 0 Å². The average Bonchev–Trinajstić information content (AvgIpc) is 2.92. The van der Waals surface area contributed by atoms with Crippen LogP contribution >= 0.6 is 22.6 Å². The predicted octanol–water partition coefficient (Wildman–Crippen LogP) is 6.49. The predicted molar refractivity (Wildman–Crippen MR) is 156 cm³/mol. The number of hydrogen-bond donors (Lipinski definition) is 0. The van der Waals surface area contributed by atoms with E-state index in [1.54, 1.807) is 14.2 Å². The van der Waals surface area contributed by atoms with Crippen LogP contribution in [0.4, 0.5) is 0 Å². The number of aliphatic imine (C=N–C) groups is 2. The molecule has 3 aromatic rings. The molecule has 0 aromatic heterocycles. The number of halogens is 1. The number of ether oxygens (including phenoxy) is 4. The molecule has 0 unspecified atom stereocenters. The second kappa shape index (κ2) is 12.9. The van der Waals surface area contributed by atoms with Crippen molar-refractivity contribution in [2.45, 2.75) is 45.6 Å². The van der Waals surface area contributed by atoms with E-state index < -0.39 is 0 Å². The topological polar surface area (TPSA) is 61.6 Å². The number of nitrogens with zero attached hydrogens (tertiary/aromatic N) is 2. The molecule has 3 aromatic carbocycles. The average molecular weight is 613 g/mol. The number of benzene rings is 3. The molecule has 1 aliphatic rings. The molecule has 7 heteroatoms. The summed E-state index contributed by atoms with van der Waals surface area (Å²) in [5.74, 6) is 2.90. The molecule has 0 aliphatic carbocycles. The number of methoxy groups -OCH3 is 2. The molecule has 0 fully saturated rings. The van der Waals surface area contributed by atoms with Crippen LogP contribution in [-0.4, -0.2) is 38.1 Å². The molecule has 0 spiro atoms. The van der Waals surface area contributed by atoms with Gasteiger partial charge in [0.1, 0.15) is 25.3 Å². The Morgan fingerprint density at radius 2 is 1.46 bits per heavy atom. The van der Waals surface area contributed by atoms with Gasteiger partial charge in [0.15, 0.2) is 11.5 Å². The van der Waals surface area contributed by atoms with Crippen LogP contribution in [0.2, 0.25) is 0 Å². The van der Waals surface area contributed by atoms with Gasteiger partial charge >= 0.3 is 0 Å². The van der Waals surface area contributed by atoms with Crippen LogP contribution in [0.3, 0.4) is 0 Å². The molecule has 37 heavy (non-hydrogen) atoms. The van der Waals surface area contributed by atoms with E-state index in [0.29, 0.717) is 42.9 Å². The molecule has 0 bridgehead atoms. The fourth-order valence-corrected chi connectivity index (χ4v) is 4.68. The van der Waals surface area contributed by atoms with Crippen molar-refractivity contribution in [3.63, 3.8) is 0 Å². The lowest BCUT2D eigenvalue weighted by molar-refractivity contribution is 0.255. The largest absolute Gasteiger partial charge is 0.485 e.